The van der Waals surface area contributed by atoms with Crippen LogP contribution in [0.1, 0.15) is 37.8 Å². The number of carbonyl (C=O) groups is 1. The van der Waals surface area contributed by atoms with Crippen LogP contribution in [0.2, 0.25) is 0 Å². The Morgan fingerprint density at radius 2 is 2.06 bits per heavy atom. The van der Waals surface area contributed by atoms with Crippen molar-refractivity contribution in [2.75, 3.05) is 0 Å². The highest BCUT2D eigenvalue weighted by Crippen LogP contribution is 2.04. The molecule has 0 aliphatic rings. The molecule has 0 spiro atoms. The molecule has 0 radical (unpaired) electrons. The zero-order chi connectivity index (χ0) is 12.7. The minimum Gasteiger partial charge on any atom is -0.353 e. The van der Waals surface area contributed by atoms with Crippen LogP contribution >= 0.6 is 0 Å². The molecule has 0 fully saturated rings. The second-order valence-electron chi connectivity index (χ2n) is 4.24. The lowest BCUT2D eigenvalue weighted by atomic mass is 10.1. The maximum absolute atomic E-state index is 11.7. The zero-order valence-corrected chi connectivity index (χ0v) is 10.4. The van der Waals surface area contributed by atoms with Crippen LogP contribution in [-0.4, -0.2) is 11.9 Å². The first-order valence-corrected chi connectivity index (χ1v) is 5.94. The maximum Gasteiger partial charge on any atom is 0.224 e. The van der Waals surface area contributed by atoms with Gasteiger partial charge in [0.1, 0.15) is 0 Å². The number of nitriles is 1. The summed E-state index contributed by atoms with van der Waals surface area (Å²) in [6, 6.07) is 9.40. The molecule has 3 nitrogen and oxygen atoms in total. The Kier molecular flexibility index (Phi) is 5.22. The summed E-state index contributed by atoms with van der Waals surface area (Å²) in [5, 5.41) is 11.6. The predicted octanol–water partition coefficient (Wildman–Crippen LogP) is 2.41. The van der Waals surface area contributed by atoms with Crippen molar-refractivity contribution in [1.29, 1.82) is 5.26 Å². The maximum atomic E-state index is 11.7. The third kappa shape index (κ3) is 4.69. The van der Waals surface area contributed by atoms with Crippen LogP contribution in [0.15, 0.2) is 24.3 Å². The van der Waals surface area contributed by atoms with Crippen LogP contribution < -0.4 is 5.32 Å². The number of rotatable bonds is 5. The molecule has 1 N–H and O–H groups in total. The first-order chi connectivity index (χ1) is 8.15. The summed E-state index contributed by atoms with van der Waals surface area (Å²) in [5.74, 6) is 0.0376. The molecule has 0 aromatic heterocycles. The van der Waals surface area contributed by atoms with Gasteiger partial charge in [-0.3, -0.25) is 4.79 Å². The summed E-state index contributed by atoms with van der Waals surface area (Å²) in [6.45, 7) is 4.11. The number of nitrogens with zero attached hydrogens (tertiary/aromatic N) is 1. The average Bonchev–Trinajstić information content (AvgIpc) is 2.30. The van der Waals surface area contributed by atoms with Crippen LogP contribution in [0.4, 0.5) is 0 Å². The highest BCUT2D eigenvalue weighted by atomic mass is 16.1. The topological polar surface area (TPSA) is 52.9 Å². The SMILES string of the molecule is CCCC(C)NC(=O)Cc1ccc(C#N)cc1. The smallest absolute Gasteiger partial charge is 0.224 e. The van der Waals surface area contributed by atoms with Crippen molar-refractivity contribution >= 4 is 5.91 Å². The Morgan fingerprint density at radius 3 is 2.59 bits per heavy atom. The Labute approximate surface area is 102 Å². The fourth-order valence-electron chi connectivity index (χ4n) is 1.71. The van der Waals surface area contributed by atoms with Crippen LogP contribution in [0, 0.1) is 11.3 Å². The highest BCUT2D eigenvalue weighted by molar-refractivity contribution is 5.78. The van der Waals surface area contributed by atoms with E-state index in [1.807, 2.05) is 19.1 Å². The molecule has 1 aromatic carbocycles. The molecule has 0 saturated carbocycles. The molecule has 1 aromatic rings. The van der Waals surface area contributed by atoms with Gasteiger partial charge < -0.3 is 5.32 Å². The number of hydrogen-bond acceptors (Lipinski definition) is 2. The first-order valence-electron chi connectivity index (χ1n) is 5.94. The third-order valence-corrected chi connectivity index (χ3v) is 2.58. The molecule has 1 unspecified atom stereocenters. The third-order valence-electron chi connectivity index (χ3n) is 2.58. The fraction of sp³-hybridized carbons (Fsp3) is 0.429. The molecular weight excluding hydrogens is 212 g/mol. The van der Waals surface area contributed by atoms with Gasteiger partial charge in [0.2, 0.25) is 5.91 Å². The van der Waals surface area contributed by atoms with E-state index in [9.17, 15) is 4.79 Å². The lowest BCUT2D eigenvalue weighted by molar-refractivity contribution is -0.121. The minimum absolute atomic E-state index is 0.0376. The van der Waals surface area contributed by atoms with Gasteiger partial charge in [-0.25, -0.2) is 0 Å². The van der Waals surface area contributed by atoms with E-state index in [0.29, 0.717) is 12.0 Å². The van der Waals surface area contributed by atoms with Crippen molar-refractivity contribution in [3.05, 3.63) is 35.4 Å². The van der Waals surface area contributed by atoms with Crippen LogP contribution in [0.25, 0.3) is 0 Å². The van der Waals surface area contributed by atoms with E-state index in [0.717, 1.165) is 18.4 Å². The Bertz CT molecular complexity index is 403. The predicted molar refractivity (Wildman–Crippen MR) is 67.4 cm³/mol. The van der Waals surface area contributed by atoms with Crippen LogP contribution in [-0.2, 0) is 11.2 Å². The van der Waals surface area contributed by atoms with Crippen LogP contribution in [0.3, 0.4) is 0 Å². The van der Waals surface area contributed by atoms with Crippen LogP contribution in [0.5, 0.6) is 0 Å². The van der Waals surface area contributed by atoms with Gasteiger partial charge in [-0.05, 0) is 31.0 Å². The molecule has 0 saturated heterocycles. The summed E-state index contributed by atoms with van der Waals surface area (Å²) in [5.41, 5.74) is 1.55. The summed E-state index contributed by atoms with van der Waals surface area (Å²) < 4.78 is 0. The Balaban J connectivity index is 2.48. The monoisotopic (exact) mass is 230 g/mol. The lowest BCUT2D eigenvalue weighted by Crippen LogP contribution is -2.33. The molecule has 1 amide bonds. The van der Waals surface area contributed by atoms with E-state index in [2.05, 4.69) is 18.3 Å². The van der Waals surface area contributed by atoms with Gasteiger partial charge >= 0.3 is 0 Å². The van der Waals surface area contributed by atoms with E-state index in [1.54, 1.807) is 12.1 Å². The minimum atomic E-state index is 0.0376. The quantitative estimate of drug-likeness (QED) is 0.844. The fourth-order valence-corrected chi connectivity index (χ4v) is 1.71. The first kappa shape index (κ1) is 13.2. The van der Waals surface area contributed by atoms with Crippen molar-refractivity contribution in [1.82, 2.24) is 5.32 Å². The zero-order valence-electron chi connectivity index (χ0n) is 10.4. The number of hydrogen-bond donors (Lipinski definition) is 1. The molecule has 3 heteroatoms. The van der Waals surface area contributed by atoms with Crippen molar-refractivity contribution in [3.8, 4) is 6.07 Å². The summed E-state index contributed by atoms with van der Waals surface area (Å²) in [4.78, 5) is 11.7. The second kappa shape index (κ2) is 6.70. The van der Waals surface area contributed by atoms with Gasteiger partial charge in [0.25, 0.3) is 0 Å². The van der Waals surface area contributed by atoms with Gasteiger partial charge in [-0.2, -0.15) is 5.26 Å². The highest BCUT2D eigenvalue weighted by Gasteiger charge is 2.07. The van der Waals surface area contributed by atoms with Gasteiger partial charge in [0.05, 0.1) is 18.1 Å². The van der Waals surface area contributed by atoms with Gasteiger partial charge in [-0.15, -0.1) is 0 Å². The molecule has 90 valence electrons. The van der Waals surface area contributed by atoms with Crippen molar-refractivity contribution < 1.29 is 4.79 Å². The van der Waals surface area contributed by atoms with Crippen molar-refractivity contribution in [2.45, 2.75) is 39.2 Å². The second-order valence-corrected chi connectivity index (χ2v) is 4.24. The Hall–Kier alpha value is -1.82. The molecule has 0 bridgehead atoms. The number of carbonyl (C=O) groups excluding carboxylic acids is 1. The standard InChI is InChI=1S/C14H18N2O/c1-3-4-11(2)16-14(17)9-12-5-7-13(10-15)8-6-12/h5-8,11H,3-4,9H2,1-2H3,(H,16,17). The lowest BCUT2D eigenvalue weighted by Gasteiger charge is -2.12. The normalized spacial score (nSPS) is 11.6. The molecule has 0 heterocycles. The van der Waals surface area contributed by atoms with E-state index < -0.39 is 0 Å². The molecule has 0 aliphatic heterocycles. The summed E-state index contributed by atoms with van der Waals surface area (Å²) >= 11 is 0. The number of amides is 1. The number of benzene rings is 1. The van der Waals surface area contributed by atoms with E-state index in [-0.39, 0.29) is 11.9 Å². The average molecular weight is 230 g/mol. The summed E-state index contributed by atoms with van der Waals surface area (Å²) in [7, 11) is 0. The van der Waals surface area contributed by atoms with E-state index in [1.165, 1.54) is 0 Å². The van der Waals surface area contributed by atoms with Gasteiger partial charge in [-0.1, -0.05) is 25.5 Å². The molecule has 1 rings (SSSR count). The molecule has 1 atom stereocenters. The van der Waals surface area contributed by atoms with E-state index >= 15 is 0 Å². The molecule has 17 heavy (non-hydrogen) atoms. The van der Waals surface area contributed by atoms with Gasteiger partial charge in [0, 0.05) is 6.04 Å². The molecule has 0 aliphatic carbocycles. The number of nitrogens with one attached hydrogen (secondary N) is 1. The van der Waals surface area contributed by atoms with Crippen molar-refractivity contribution in [3.63, 3.8) is 0 Å². The summed E-state index contributed by atoms with van der Waals surface area (Å²) in [6.07, 6.45) is 2.44. The van der Waals surface area contributed by atoms with E-state index in [4.69, 9.17) is 5.26 Å². The van der Waals surface area contributed by atoms with Gasteiger partial charge in [0.15, 0.2) is 0 Å². The largest absolute Gasteiger partial charge is 0.353 e. The Morgan fingerprint density at radius 1 is 1.41 bits per heavy atom. The molecular formula is C14H18N2O. The van der Waals surface area contributed by atoms with Crippen molar-refractivity contribution in [2.24, 2.45) is 0 Å².